The molecule has 0 N–H and O–H groups in total. The highest BCUT2D eigenvalue weighted by atomic mass is 16.7. The maximum atomic E-state index is 12.0. The summed E-state index contributed by atoms with van der Waals surface area (Å²) in [6, 6.07) is 0. The first-order chi connectivity index (χ1) is 10.1. The zero-order chi connectivity index (χ0) is 15.7. The van der Waals surface area contributed by atoms with Gasteiger partial charge in [-0.3, -0.25) is 4.79 Å². The molecule has 1 atom stereocenters. The Morgan fingerprint density at radius 3 is 2.52 bits per heavy atom. The molecule has 5 nitrogen and oxygen atoms in total. The van der Waals surface area contributed by atoms with E-state index >= 15 is 0 Å². The number of rotatable bonds is 8. The van der Waals surface area contributed by atoms with Gasteiger partial charge in [0.05, 0.1) is 12.5 Å². The van der Waals surface area contributed by atoms with Crippen molar-refractivity contribution in [2.45, 2.75) is 64.8 Å². The third-order valence-corrected chi connectivity index (χ3v) is 3.59. The number of hydrogen-bond donors (Lipinski definition) is 0. The molecular weight excluding hydrogens is 272 g/mol. The molecule has 0 heterocycles. The summed E-state index contributed by atoms with van der Waals surface area (Å²) in [6.07, 6.45) is 5.28. The number of ether oxygens (including phenoxy) is 3. The van der Waals surface area contributed by atoms with Gasteiger partial charge in [-0.2, -0.15) is 0 Å². The lowest BCUT2D eigenvalue weighted by molar-refractivity contribution is -0.181. The fourth-order valence-electron chi connectivity index (χ4n) is 2.32. The Kier molecular flexibility index (Phi) is 8.05. The molecule has 0 bridgehead atoms. The van der Waals surface area contributed by atoms with Crippen LogP contribution < -0.4 is 0 Å². The predicted octanol–water partition coefficient (Wildman–Crippen LogP) is 2.98. The van der Waals surface area contributed by atoms with E-state index in [2.05, 4.69) is 13.5 Å². The second-order valence-corrected chi connectivity index (χ2v) is 5.34. The van der Waals surface area contributed by atoms with Crippen LogP contribution in [0.25, 0.3) is 0 Å². The minimum atomic E-state index is -0.500. The smallest absolute Gasteiger partial charge is 0.330 e. The molecule has 0 aliphatic heterocycles. The predicted molar refractivity (Wildman–Crippen MR) is 78.4 cm³/mol. The summed E-state index contributed by atoms with van der Waals surface area (Å²) >= 11 is 0. The molecule has 21 heavy (non-hydrogen) atoms. The average Bonchev–Trinajstić information content (AvgIpc) is 2.48. The van der Waals surface area contributed by atoms with Crippen molar-refractivity contribution >= 4 is 11.9 Å². The Morgan fingerprint density at radius 1 is 1.29 bits per heavy atom. The molecule has 120 valence electrons. The third kappa shape index (κ3) is 6.76. The van der Waals surface area contributed by atoms with Crippen LogP contribution in [-0.4, -0.2) is 30.9 Å². The highest BCUT2D eigenvalue weighted by molar-refractivity contribution is 5.81. The van der Waals surface area contributed by atoms with E-state index in [-0.39, 0.29) is 18.0 Å². The summed E-state index contributed by atoms with van der Waals surface area (Å²) in [6.45, 7) is 7.80. The Bertz CT molecular complexity index is 345. The highest BCUT2D eigenvalue weighted by Gasteiger charge is 2.29. The van der Waals surface area contributed by atoms with E-state index in [0.717, 1.165) is 18.9 Å². The Morgan fingerprint density at radius 2 is 1.95 bits per heavy atom. The summed E-state index contributed by atoms with van der Waals surface area (Å²) in [4.78, 5) is 23.1. The minimum Gasteiger partial charge on any atom is -0.459 e. The second-order valence-electron chi connectivity index (χ2n) is 5.34. The number of carbonyl (C=O) groups is 2. The van der Waals surface area contributed by atoms with E-state index in [4.69, 9.17) is 14.2 Å². The molecule has 0 amide bonds. The summed E-state index contributed by atoms with van der Waals surface area (Å²) in [5.41, 5.74) is 0. The quantitative estimate of drug-likeness (QED) is 0.298. The van der Waals surface area contributed by atoms with E-state index < -0.39 is 12.3 Å². The summed E-state index contributed by atoms with van der Waals surface area (Å²) < 4.78 is 15.9. The van der Waals surface area contributed by atoms with Crippen molar-refractivity contribution in [2.75, 3.05) is 6.61 Å². The molecule has 0 aromatic carbocycles. The fraction of sp³-hybridized carbons (Fsp3) is 0.750. The highest BCUT2D eigenvalue weighted by Crippen LogP contribution is 2.27. The Hall–Kier alpha value is -1.36. The Labute approximate surface area is 126 Å². The lowest BCUT2D eigenvalue weighted by Crippen LogP contribution is -2.30. The molecule has 0 aromatic heterocycles. The molecule has 1 rings (SSSR count). The maximum Gasteiger partial charge on any atom is 0.330 e. The van der Waals surface area contributed by atoms with Crippen molar-refractivity contribution in [3.63, 3.8) is 0 Å². The van der Waals surface area contributed by atoms with Crippen molar-refractivity contribution in [1.29, 1.82) is 0 Å². The van der Waals surface area contributed by atoms with Crippen molar-refractivity contribution in [3.8, 4) is 0 Å². The lowest BCUT2D eigenvalue weighted by Gasteiger charge is -2.27. The minimum absolute atomic E-state index is 0.113. The van der Waals surface area contributed by atoms with Crippen LogP contribution in [0, 0.1) is 5.92 Å². The molecular formula is C16H26O5. The van der Waals surface area contributed by atoms with Gasteiger partial charge in [-0.05, 0) is 39.0 Å². The number of hydrogen-bond acceptors (Lipinski definition) is 5. The second kappa shape index (κ2) is 9.55. The van der Waals surface area contributed by atoms with Gasteiger partial charge < -0.3 is 14.2 Å². The topological polar surface area (TPSA) is 61.8 Å². The molecule has 1 aliphatic carbocycles. The maximum absolute atomic E-state index is 12.0. The Balaban J connectivity index is 2.25. The number of esters is 2. The first-order valence-electron chi connectivity index (χ1n) is 7.72. The monoisotopic (exact) mass is 298 g/mol. The van der Waals surface area contributed by atoms with Gasteiger partial charge in [-0.15, -0.1) is 0 Å². The SMILES string of the molecule is C=CC(=O)OC1CCC(C(=O)OC(C)OCCCC)CC1. The first kappa shape index (κ1) is 17.7. The number of unbranched alkanes of at least 4 members (excludes halogenated alkanes) is 1. The molecule has 1 aliphatic rings. The van der Waals surface area contributed by atoms with Crippen molar-refractivity contribution < 1.29 is 23.8 Å². The van der Waals surface area contributed by atoms with Crippen LogP contribution >= 0.6 is 0 Å². The fourth-order valence-corrected chi connectivity index (χ4v) is 2.32. The van der Waals surface area contributed by atoms with Gasteiger partial charge in [0.1, 0.15) is 6.10 Å². The van der Waals surface area contributed by atoms with Gasteiger partial charge in [-0.1, -0.05) is 19.9 Å². The van der Waals surface area contributed by atoms with Gasteiger partial charge in [0.2, 0.25) is 0 Å². The van der Waals surface area contributed by atoms with Crippen LogP contribution in [-0.2, 0) is 23.8 Å². The van der Waals surface area contributed by atoms with Crippen molar-refractivity contribution in [2.24, 2.45) is 5.92 Å². The van der Waals surface area contributed by atoms with Crippen LogP contribution in [0.4, 0.5) is 0 Å². The zero-order valence-corrected chi connectivity index (χ0v) is 13.0. The largest absolute Gasteiger partial charge is 0.459 e. The van der Waals surface area contributed by atoms with Crippen molar-refractivity contribution in [3.05, 3.63) is 12.7 Å². The van der Waals surface area contributed by atoms with Crippen LogP contribution in [0.3, 0.4) is 0 Å². The van der Waals surface area contributed by atoms with E-state index in [9.17, 15) is 9.59 Å². The van der Waals surface area contributed by atoms with Crippen molar-refractivity contribution in [1.82, 2.24) is 0 Å². The molecule has 1 saturated carbocycles. The van der Waals surface area contributed by atoms with E-state index in [0.29, 0.717) is 32.3 Å². The van der Waals surface area contributed by atoms with E-state index in [1.807, 2.05) is 0 Å². The van der Waals surface area contributed by atoms with Crippen LogP contribution in [0.1, 0.15) is 52.4 Å². The zero-order valence-electron chi connectivity index (χ0n) is 13.0. The summed E-state index contributed by atoms with van der Waals surface area (Å²) in [5, 5.41) is 0. The molecule has 5 heteroatoms. The van der Waals surface area contributed by atoms with Crippen LogP contribution in [0.15, 0.2) is 12.7 Å². The molecule has 1 fully saturated rings. The molecule has 1 unspecified atom stereocenters. The molecule has 0 radical (unpaired) electrons. The van der Waals surface area contributed by atoms with E-state index in [1.54, 1.807) is 6.92 Å². The third-order valence-electron chi connectivity index (χ3n) is 3.59. The van der Waals surface area contributed by atoms with Gasteiger partial charge in [-0.25, -0.2) is 4.79 Å². The molecule has 0 saturated heterocycles. The first-order valence-corrected chi connectivity index (χ1v) is 7.72. The molecule has 0 aromatic rings. The molecule has 0 spiro atoms. The standard InChI is InChI=1S/C16H26O5/c1-4-6-11-19-12(3)20-16(18)13-7-9-14(10-8-13)21-15(17)5-2/h5,12-14H,2,4,6-11H2,1,3H3. The summed E-state index contributed by atoms with van der Waals surface area (Å²) in [7, 11) is 0. The van der Waals surface area contributed by atoms with Crippen LogP contribution in [0.5, 0.6) is 0 Å². The normalized spacial score (nSPS) is 23.1. The van der Waals surface area contributed by atoms with Gasteiger partial charge in [0.25, 0.3) is 0 Å². The average molecular weight is 298 g/mol. The van der Waals surface area contributed by atoms with Crippen LogP contribution in [0.2, 0.25) is 0 Å². The lowest BCUT2D eigenvalue weighted by atomic mass is 9.87. The summed E-state index contributed by atoms with van der Waals surface area (Å²) in [5.74, 6) is -0.743. The van der Waals surface area contributed by atoms with Gasteiger partial charge in [0.15, 0.2) is 6.29 Å². The van der Waals surface area contributed by atoms with E-state index in [1.165, 1.54) is 0 Å². The number of carbonyl (C=O) groups excluding carboxylic acids is 2. The van der Waals surface area contributed by atoms with Gasteiger partial charge >= 0.3 is 11.9 Å². The van der Waals surface area contributed by atoms with Gasteiger partial charge in [0, 0.05) is 6.08 Å².